The Morgan fingerprint density at radius 3 is 1.59 bits per heavy atom. The highest BCUT2D eigenvalue weighted by atomic mass is 19.2. The van der Waals surface area contributed by atoms with Crippen LogP contribution in [0.15, 0.2) is 48.6 Å². The van der Waals surface area contributed by atoms with Crippen molar-refractivity contribution in [1.29, 1.82) is 0 Å². The molecular formula is C37H38F6O. The third kappa shape index (κ3) is 6.09. The fraction of sp³-hybridized carbons (Fsp3) is 0.459. The van der Waals surface area contributed by atoms with E-state index in [0.29, 0.717) is 55.3 Å². The van der Waals surface area contributed by atoms with Gasteiger partial charge in [-0.2, -0.15) is 0 Å². The second kappa shape index (κ2) is 13.1. The molecule has 44 heavy (non-hydrogen) atoms. The van der Waals surface area contributed by atoms with E-state index in [0.717, 1.165) is 38.5 Å². The Morgan fingerprint density at radius 2 is 1.05 bits per heavy atom. The number of epoxide rings is 1. The predicted molar refractivity (Wildman–Crippen MR) is 159 cm³/mol. The normalized spacial score (nSPS) is 25.5. The zero-order valence-electron chi connectivity index (χ0n) is 25.0. The quantitative estimate of drug-likeness (QED) is 0.140. The van der Waals surface area contributed by atoms with Crippen molar-refractivity contribution in [2.45, 2.75) is 89.1 Å². The van der Waals surface area contributed by atoms with E-state index in [1.807, 2.05) is 19.1 Å². The van der Waals surface area contributed by atoms with Gasteiger partial charge in [-0.1, -0.05) is 48.6 Å². The second-order valence-corrected chi connectivity index (χ2v) is 12.8. The number of hydrogen-bond donors (Lipinski definition) is 0. The van der Waals surface area contributed by atoms with E-state index in [1.165, 1.54) is 24.3 Å². The first kappa shape index (κ1) is 30.9. The maximum atomic E-state index is 15.4. The SMILES string of the molecule is C/C=C/CCc1ccc(-c2ccc(C3CCC(C4CCC(c5ccc(C6CO6)c(F)c5F)CC4)CC3)c(F)c2F)c(F)c1F. The lowest BCUT2D eigenvalue weighted by Gasteiger charge is -2.38. The summed E-state index contributed by atoms with van der Waals surface area (Å²) in [5.74, 6) is -5.08. The summed E-state index contributed by atoms with van der Waals surface area (Å²) in [6.07, 6.45) is 10.9. The average Bonchev–Trinajstić information content (AvgIpc) is 3.88. The number of benzene rings is 3. The molecule has 0 spiro atoms. The van der Waals surface area contributed by atoms with Gasteiger partial charge in [-0.05, 0) is 111 Å². The highest BCUT2D eigenvalue weighted by Crippen LogP contribution is 2.47. The monoisotopic (exact) mass is 612 g/mol. The van der Waals surface area contributed by atoms with E-state index < -0.39 is 34.9 Å². The maximum absolute atomic E-state index is 15.4. The number of ether oxygens (including phenoxy) is 1. The molecule has 7 heteroatoms. The van der Waals surface area contributed by atoms with Crippen molar-refractivity contribution in [2.75, 3.05) is 6.61 Å². The summed E-state index contributed by atoms with van der Waals surface area (Å²) in [6, 6.07) is 9.03. The van der Waals surface area contributed by atoms with Crippen molar-refractivity contribution in [3.8, 4) is 11.1 Å². The molecule has 3 aromatic carbocycles. The van der Waals surface area contributed by atoms with E-state index in [1.54, 1.807) is 12.1 Å². The van der Waals surface area contributed by atoms with Gasteiger partial charge in [-0.15, -0.1) is 0 Å². The summed E-state index contributed by atoms with van der Waals surface area (Å²) >= 11 is 0. The molecule has 0 bridgehead atoms. The summed E-state index contributed by atoms with van der Waals surface area (Å²) in [6.45, 7) is 2.28. The van der Waals surface area contributed by atoms with Crippen LogP contribution in [0.4, 0.5) is 26.3 Å². The lowest BCUT2D eigenvalue weighted by atomic mass is 9.67. The largest absolute Gasteiger partial charge is 0.368 e. The van der Waals surface area contributed by atoms with Gasteiger partial charge in [-0.3, -0.25) is 0 Å². The molecule has 0 radical (unpaired) electrons. The molecule has 1 atom stereocenters. The molecule has 1 aliphatic heterocycles. The Morgan fingerprint density at radius 1 is 0.591 bits per heavy atom. The fourth-order valence-corrected chi connectivity index (χ4v) is 7.66. The predicted octanol–water partition coefficient (Wildman–Crippen LogP) is 11.0. The molecule has 0 aromatic heterocycles. The van der Waals surface area contributed by atoms with Gasteiger partial charge in [0.1, 0.15) is 6.10 Å². The van der Waals surface area contributed by atoms with Crippen LogP contribution in [0.1, 0.15) is 105 Å². The summed E-state index contributed by atoms with van der Waals surface area (Å²) in [4.78, 5) is 0. The van der Waals surface area contributed by atoms with Crippen molar-refractivity contribution in [3.05, 3.63) is 106 Å². The standard InChI is InChI=1S/C37H38F6O/c1-2-3-4-5-25-14-15-28(35(41)32(25)38)29-18-16-26(33(39)36(29)42)23-10-6-21(7-11-23)22-8-12-24(13-9-22)27-17-19-30(31-20-44-31)37(43)34(27)40/h2-3,14-19,21-24,31H,4-13,20H2,1H3/b3-2+. The first-order chi connectivity index (χ1) is 21.3. The Kier molecular flexibility index (Phi) is 9.23. The molecule has 3 aliphatic rings. The zero-order valence-corrected chi connectivity index (χ0v) is 25.0. The molecule has 1 nitrogen and oxygen atoms in total. The Labute approximate surface area is 255 Å². The van der Waals surface area contributed by atoms with Gasteiger partial charge < -0.3 is 4.74 Å². The van der Waals surface area contributed by atoms with Gasteiger partial charge in [-0.25, -0.2) is 26.3 Å². The lowest BCUT2D eigenvalue weighted by molar-refractivity contribution is 0.175. The van der Waals surface area contributed by atoms with Crippen molar-refractivity contribution in [3.63, 3.8) is 0 Å². The minimum atomic E-state index is -1.16. The Balaban J connectivity index is 1.07. The van der Waals surface area contributed by atoms with E-state index in [4.69, 9.17) is 4.74 Å². The molecule has 3 fully saturated rings. The highest BCUT2D eigenvalue weighted by molar-refractivity contribution is 5.66. The van der Waals surface area contributed by atoms with Crippen LogP contribution in [0, 0.1) is 46.7 Å². The summed E-state index contributed by atoms with van der Waals surface area (Å²) in [7, 11) is 0. The molecule has 1 unspecified atom stereocenters. The smallest absolute Gasteiger partial charge is 0.167 e. The van der Waals surface area contributed by atoms with Crippen molar-refractivity contribution in [2.24, 2.45) is 11.8 Å². The van der Waals surface area contributed by atoms with Crippen LogP contribution in [-0.2, 0) is 11.2 Å². The third-order valence-corrected chi connectivity index (χ3v) is 10.3. The van der Waals surface area contributed by atoms with Gasteiger partial charge in [0.05, 0.1) is 6.61 Å². The van der Waals surface area contributed by atoms with Gasteiger partial charge >= 0.3 is 0 Å². The number of allylic oxidation sites excluding steroid dienone is 2. The number of rotatable bonds is 8. The van der Waals surface area contributed by atoms with Crippen LogP contribution < -0.4 is 0 Å². The lowest BCUT2D eigenvalue weighted by Crippen LogP contribution is -2.25. The number of aryl methyl sites for hydroxylation is 1. The van der Waals surface area contributed by atoms with Crippen molar-refractivity contribution in [1.82, 2.24) is 0 Å². The molecular weight excluding hydrogens is 574 g/mol. The molecule has 2 saturated carbocycles. The van der Waals surface area contributed by atoms with Crippen molar-refractivity contribution >= 4 is 0 Å². The van der Waals surface area contributed by atoms with Crippen LogP contribution >= 0.6 is 0 Å². The van der Waals surface area contributed by atoms with E-state index in [9.17, 15) is 17.6 Å². The Hall–Kier alpha value is -3.06. The minimum absolute atomic E-state index is 0.00502. The summed E-state index contributed by atoms with van der Waals surface area (Å²) < 4.78 is 94.8. The first-order valence-electron chi connectivity index (χ1n) is 15.9. The fourth-order valence-electron chi connectivity index (χ4n) is 7.66. The van der Waals surface area contributed by atoms with E-state index in [-0.39, 0.29) is 40.2 Å². The van der Waals surface area contributed by atoms with Gasteiger partial charge in [0.2, 0.25) is 0 Å². The molecule has 2 aliphatic carbocycles. The zero-order chi connectivity index (χ0) is 31.0. The Bertz CT molecular complexity index is 1530. The van der Waals surface area contributed by atoms with Crippen LogP contribution in [-0.4, -0.2) is 6.61 Å². The molecule has 6 rings (SSSR count). The molecule has 0 amide bonds. The van der Waals surface area contributed by atoms with Crippen molar-refractivity contribution < 1.29 is 31.1 Å². The van der Waals surface area contributed by atoms with E-state index in [2.05, 4.69) is 0 Å². The average molecular weight is 613 g/mol. The third-order valence-electron chi connectivity index (χ3n) is 10.3. The van der Waals surface area contributed by atoms with Crippen LogP contribution in [0.25, 0.3) is 11.1 Å². The maximum Gasteiger partial charge on any atom is 0.167 e. The molecule has 1 heterocycles. The van der Waals surface area contributed by atoms with E-state index >= 15 is 8.78 Å². The van der Waals surface area contributed by atoms with Crippen LogP contribution in [0.5, 0.6) is 0 Å². The van der Waals surface area contributed by atoms with Gasteiger partial charge in [0.25, 0.3) is 0 Å². The van der Waals surface area contributed by atoms with Gasteiger partial charge in [0, 0.05) is 16.7 Å². The topological polar surface area (TPSA) is 12.5 Å². The van der Waals surface area contributed by atoms with Crippen LogP contribution in [0.2, 0.25) is 0 Å². The summed E-state index contributed by atoms with van der Waals surface area (Å²) in [5.41, 5.74) is 0.683. The highest BCUT2D eigenvalue weighted by Gasteiger charge is 2.35. The molecule has 0 N–H and O–H groups in total. The summed E-state index contributed by atoms with van der Waals surface area (Å²) in [5, 5.41) is 0. The first-order valence-corrected chi connectivity index (χ1v) is 15.9. The molecule has 234 valence electrons. The minimum Gasteiger partial charge on any atom is -0.368 e. The second-order valence-electron chi connectivity index (χ2n) is 12.8. The van der Waals surface area contributed by atoms with Gasteiger partial charge in [0.15, 0.2) is 34.9 Å². The molecule has 1 saturated heterocycles. The van der Waals surface area contributed by atoms with Crippen LogP contribution in [0.3, 0.4) is 0 Å². The number of hydrogen-bond acceptors (Lipinski definition) is 1. The number of halogens is 6. The molecule has 3 aromatic rings.